The number of rotatable bonds is 1. The van der Waals surface area contributed by atoms with Crippen LogP contribution in [0.1, 0.15) is 22.9 Å². The highest BCUT2D eigenvalue weighted by Gasteiger charge is 2.22. The number of nitrogens with zero attached hydrogens (tertiary/aromatic N) is 1. The number of aromatic nitrogens is 1. The monoisotopic (exact) mass is 200 g/mol. The van der Waals surface area contributed by atoms with Crippen molar-refractivity contribution in [2.24, 2.45) is 0 Å². The summed E-state index contributed by atoms with van der Waals surface area (Å²) in [5, 5.41) is 3.49. The molecule has 1 N–H and O–H groups in total. The topological polar surface area (TPSA) is 38.1 Å². The van der Waals surface area contributed by atoms with Crippen LogP contribution < -0.4 is 5.32 Å². The van der Waals surface area contributed by atoms with Crippen LogP contribution >= 0.6 is 0 Å². The summed E-state index contributed by atoms with van der Waals surface area (Å²) in [6.45, 7) is 0.966. The number of nitrogens with one attached hydrogen (secondary N) is 1. The summed E-state index contributed by atoms with van der Waals surface area (Å²) in [6, 6.07) is 6.39. The second-order valence-corrected chi connectivity index (χ2v) is 3.72. The van der Waals surface area contributed by atoms with Crippen molar-refractivity contribution in [3.05, 3.63) is 53.7 Å². The average molecular weight is 200 g/mol. The minimum Gasteiger partial charge on any atom is -0.469 e. The first-order chi connectivity index (χ1) is 7.45. The van der Waals surface area contributed by atoms with Crippen LogP contribution in [-0.4, -0.2) is 11.5 Å². The third-order valence-electron chi connectivity index (χ3n) is 2.83. The molecule has 0 aliphatic carbocycles. The second-order valence-electron chi connectivity index (χ2n) is 3.72. The lowest BCUT2D eigenvalue weighted by Gasteiger charge is -2.23. The lowest BCUT2D eigenvalue weighted by molar-refractivity contribution is 0.456. The number of hydrogen-bond acceptors (Lipinski definition) is 3. The molecule has 3 heterocycles. The smallest absolute Gasteiger partial charge is 0.110 e. The maximum absolute atomic E-state index is 5.45. The Morgan fingerprint density at radius 3 is 3.00 bits per heavy atom. The number of pyridine rings is 1. The van der Waals surface area contributed by atoms with Crippen LogP contribution in [0.4, 0.5) is 0 Å². The molecule has 0 saturated carbocycles. The van der Waals surface area contributed by atoms with E-state index >= 15 is 0 Å². The Morgan fingerprint density at radius 1 is 1.27 bits per heavy atom. The highest BCUT2D eigenvalue weighted by Crippen LogP contribution is 2.28. The Labute approximate surface area is 88.1 Å². The first-order valence-electron chi connectivity index (χ1n) is 5.15. The summed E-state index contributed by atoms with van der Waals surface area (Å²) < 4.78 is 5.45. The molecule has 0 bridgehead atoms. The zero-order chi connectivity index (χ0) is 10.1. The summed E-state index contributed by atoms with van der Waals surface area (Å²) >= 11 is 0. The van der Waals surface area contributed by atoms with E-state index in [1.165, 1.54) is 11.1 Å². The Hall–Kier alpha value is -1.61. The zero-order valence-corrected chi connectivity index (χ0v) is 8.31. The molecule has 15 heavy (non-hydrogen) atoms. The van der Waals surface area contributed by atoms with Crippen molar-refractivity contribution in [3.63, 3.8) is 0 Å². The fraction of sp³-hybridized carbons (Fsp3) is 0.250. The molecule has 3 heteroatoms. The maximum Gasteiger partial charge on any atom is 0.110 e. The van der Waals surface area contributed by atoms with Gasteiger partial charge in [0.15, 0.2) is 0 Å². The summed E-state index contributed by atoms with van der Waals surface area (Å²) in [5.41, 5.74) is 2.50. The molecule has 3 rings (SSSR count). The molecule has 0 aromatic carbocycles. The van der Waals surface area contributed by atoms with Gasteiger partial charge in [-0.15, -0.1) is 0 Å². The van der Waals surface area contributed by atoms with E-state index in [0.717, 1.165) is 18.7 Å². The number of hydrogen-bond donors (Lipinski definition) is 1. The van der Waals surface area contributed by atoms with Gasteiger partial charge in [0.2, 0.25) is 0 Å². The Balaban J connectivity index is 2.03. The highest BCUT2D eigenvalue weighted by atomic mass is 16.3. The normalized spacial score (nSPS) is 19.9. The molecular weight excluding hydrogens is 188 g/mol. The van der Waals surface area contributed by atoms with Gasteiger partial charge in [0, 0.05) is 30.9 Å². The minimum absolute atomic E-state index is 0.260. The van der Waals surface area contributed by atoms with Gasteiger partial charge < -0.3 is 9.73 Å². The SMILES string of the molecule is c1cc(C2NCCc3occc32)ccn1. The van der Waals surface area contributed by atoms with Gasteiger partial charge >= 0.3 is 0 Å². The van der Waals surface area contributed by atoms with Gasteiger partial charge in [-0.1, -0.05) is 0 Å². The van der Waals surface area contributed by atoms with Crippen molar-refractivity contribution in [2.45, 2.75) is 12.5 Å². The largest absolute Gasteiger partial charge is 0.469 e. The predicted molar refractivity (Wildman–Crippen MR) is 56.5 cm³/mol. The second kappa shape index (κ2) is 3.51. The molecule has 2 aromatic rings. The quantitative estimate of drug-likeness (QED) is 0.764. The first-order valence-corrected chi connectivity index (χ1v) is 5.15. The van der Waals surface area contributed by atoms with Gasteiger partial charge in [-0.25, -0.2) is 0 Å². The number of furan rings is 1. The molecule has 76 valence electrons. The molecule has 1 aliphatic rings. The first kappa shape index (κ1) is 8.68. The number of fused-ring (bicyclic) bond motifs is 1. The van der Waals surface area contributed by atoms with Gasteiger partial charge in [0.05, 0.1) is 12.3 Å². The lowest BCUT2D eigenvalue weighted by Crippen LogP contribution is -2.29. The highest BCUT2D eigenvalue weighted by molar-refractivity contribution is 5.34. The van der Waals surface area contributed by atoms with Crippen molar-refractivity contribution in [1.29, 1.82) is 0 Å². The zero-order valence-electron chi connectivity index (χ0n) is 8.31. The molecular formula is C12H12N2O. The van der Waals surface area contributed by atoms with Crippen LogP contribution in [0, 0.1) is 0 Å². The van der Waals surface area contributed by atoms with E-state index in [9.17, 15) is 0 Å². The summed E-state index contributed by atoms with van der Waals surface area (Å²) in [5.74, 6) is 1.11. The molecule has 2 aromatic heterocycles. The van der Waals surface area contributed by atoms with E-state index in [1.54, 1.807) is 6.26 Å². The van der Waals surface area contributed by atoms with Crippen LogP contribution in [0.3, 0.4) is 0 Å². The standard InChI is InChI=1S/C12H12N2O/c1-5-13-6-2-9(1)12-10-4-8-15-11(10)3-7-14-12/h1-2,4-6,8,12,14H,3,7H2. The molecule has 0 spiro atoms. The predicted octanol–water partition coefficient (Wildman–Crippen LogP) is 1.91. The Kier molecular flexibility index (Phi) is 2.03. The Bertz CT molecular complexity index is 450. The fourth-order valence-electron chi connectivity index (χ4n) is 2.10. The van der Waals surface area contributed by atoms with Crippen molar-refractivity contribution in [3.8, 4) is 0 Å². The fourth-order valence-corrected chi connectivity index (χ4v) is 2.10. The van der Waals surface area contributed by atoms with E-state index in [1.807, 2.05) is 30.6 Å². The molecule has 1 atom stereocenters. The molecule has 3 nitrogen and oxygen atoms in total. The van der Waals surface area contributed by atoms with E-state index in [0.29, 0.717) is 0 Å². The van der Waals surface area contributed by atoms with Gasteiger partial charge in [-0.2, -0.15) is 0 Å². The maximum atomic E-state index is 5.45. The van der Waals surface area contributed by atoms with Crippen molar-refractivity contribution in [1.82, 2.24) is 10.3 Å². The van der Waals surface area contributed by atoms with Crippen molar-refractivity contribution < 1.29 is 4.42 Å². The van der Waals surface area contributed by atoms with Gasteiger partial charge in [-0.3, -0.25) is 4.98 Å². The molecule has 0 fully saturated rings. The van der Waals surface area contributed by atoms with Gasteiger partial charge in [0.1, 0.15) is 5.76 Å². The molecule has 1 aliphatic heterocycles. The molecule has 1 unspecified atom stereocenters. The summed E-state index contributed by atoms with van der Waals surface area (Å²) in [4.78, 5) is 4.03. The summed E-state index contributed by atoms with van der Waals surface area (Å²) in [7, 11) is 0. The van der Waals surface area contributed by atoms with E-state index in [2.05, 4.69) is 10.3 Å². The van der Waals surface area contributed by atoms with Crippen LogP contribution in [0.2, 0.25) is 0 Å². The molecule has 0 saturated heterocycles. The van der Waals surface area contributed by atoms with Gasteiger partial charge in [0.25, 0.3) is 0 Å². The van der Waals surface area contributed by atoms with Crippen molar-refractivity contribution >= 4 is 0 Å². The van der Waals surface area contributed by atoms with E-state index < -0.39 is 0 Å². The minimum atomic E-state index is 0.260. The lowest BCUT2D eigenvalue weighted by atomic mass is 9.96. The van der Waals surface area contributed by atoms with Crippen LogP contribution in [0.5, 0.6) is 0 Å². The van der Waals surface area contributed by atoms with Crippen molar-refractivity contribution in [2.75, 3.05) is 6.54 Å². The van der Waals surface area contributed by atoms with Crippen LogP contribution in [0.15, 0.2) is 41.3 Å². The van der Waals surface area contributed by atoms with E-state index in [-0.39, 0.29) is 6.04 Å². The van der Waals surface area contributed by atoms with Crippen LogP contribution in [-0.2, 0) is 6.42 Å². The van der Waals surface area contributed by atoms with Crippen LogP contribution in [0.25, 0.3) is 0 Å². The third kappa shape index (κ3) is 1.45. The average Bonchev–Trinajstić information content (AvgIpc) is 2.78. The summed E-state index contributed by atoms with van der Waals surface area (Å²) in [6.07, 6.45) is 6.40. The van der Waals surface area contributed by atoms with Gasteiger partial charge in [-0.05, 0) is 23.8 Å². The van der Waals surface area contributed by atoms with E-state index in [4.69, 9.17) is 4.42 Å². The molecule has 0 radical (unpaired) electrons. The molecule has 0 amide bonds. The third-order valence-corrected chi connectivity index (χ3v) is 2.83. The Morgan fingerprint density at radius 2 is 2.13 bits per heavy atom.